The van der Waals surface area contributed by atoms with Gasteiger partial charge in [-0.3, -0.25) is 19.2 Å². The van der Waals surface area contributed by atoms with Crippen LogP contribution in [0.15, 0.2) is 219 Å². The zero-order valence-electron chi connectivity index (χ0n) is 54.1. The molecule has 0 unspecified atom stereocenters. The van der Waals surface area contributed by atoms with Crippen LogP contribution in [0.2, 0.25) is 0 Å². The number of rotatable bonds is 20. The molecule has 9 heterocycles. The zero-order valence-corrected chi connectivity index (χ0v) is 54.1. The van der Waals surface area contributed by atoms with Gasteiger partial charge in [-0.15, -0.1) is 0 Å². The molecule has 0 saturated heterocycles. The summed E-state index contributed by atoms with van der Waals surface area (Å²) in [5, 5.41) is 12.5. The first kappa shape index (κ1) is 62.8. The molecule has 474 valence electrons. The molecule has 16 nitrogen and oxygen atoms in total. The van der Waals surface area contributed by atoms with Gasteiger partial charge < -0.3 is 31.2 Å². The lowest BCUT2D eigenvalue weighted by Crippen LogP contribution is -2.27. The monoisotopic (exact) mass is 1270 g/mol. The number of anilines is 4. The van der Waals surface area contributed by atoms with E-state index in [1.165, 1.54) is 0 Å². The van der Waals surface area contributed by atoms with Crippen LogP contribution < -0.4 is 39.5 Å². The van der Waals surface area contributed by atoms with Gasteiger partial charge in [-0.2, -0.15) is 0 Å². The van der Waals surface area contributed by atoms with E-state index in [9.17, 15) is 19.2 Å². The Bertz CT molecular complexity index is 4390. The summed E-state index contributed by atoms with van der Waals surface area (Å²) in [6.45, 7) is 0. The van der Waals surface area contributed by atoms with Gasteiger partial charge in [-0.05, 0) is 169 Å². The summed E-state index contributed by atoms with van der Waals surface area (Å²) in [7, 11) is 7.89. The van der Waals surface area contributed by atoms with E-state index < -0.39 is 0 Å². The molecule has 4 amide bonds. The van der Waals surface area contributed by atoms with Gasteiger partial charge in [-0.1, -0.05) is 48.5 Å². The molecule has 8 bridgehead atoms. The molecular weight excluding hydrogens is 1190 g/mol. The SMILES string of the molecule is C[n+]1cccc(CCC(=O)Nc2ccc(-c3c4nc(c(-c5ccc(NC(=O)CCc6ccc[n+](C)c6)cc5)c5ccc([nH]5)c(-c5ccc(NC(=O)CCc6ccc[n+](C)c6)cc5)c5nc(c(-c6ccc(NC(=O)CCc7ccc[n+](C)c7)cc6)c6ccc3[nH]6)C=C5)C=C4)cc2)c1. The number of H-pyrrole nitrogens is 2. The Morgan fingerprint density at radius 1 is 0.312 bits per heavy atom. The number of nitrogens with zero attached hydrogens (tertiary/aromatic N) is 6. The van der Waals surface area contributed by atoms with Crippen molar-refractivity contribution in [2.75, 3.05) is 21.3 Å². The first-order chi connectivity index (χ1) is 46.7. The van der Waals surface area contributed by atoms with Crippen LogP contribution in [0, 0.1) is 0 Å². The first-order valence-corrected chi connectivity index (χ1v) is 32.3. The third kappa shape index (κ3) is 15.2. The summed E-state index contributed by atoms with van der Waals surface area (Å²) in [4.78, 5) is 72.4. The molecule has 96 heavy (non-hydrogen) atoms. The Morgan fingerprint density at radius 3 is 0.740 bits per heavy atom. The Balaban J connectivity index is 0.928. The van der Waals surface area contributed by atoms with E-state index in [0.717, 1.165) is 88.8 Å². The van der Waals surface area contributed by atoms with Crippen LogP contribution in [0.5, 0.6) is 0 Å². The Kier molecular flexibility index (Phi) is 18.6. The number of aromatic nitrogens is 8. The molecule has 0 fully saturated rings. The van der Waals surface area contributed by atoms with Crippen LogP contribution >= 0.6 is 0 Å². The molecule has 11 aromatic rings. The van der Waals surface area contributed by atoms with Crippen molar-refractivity contribution in [2.45, 2.75) is 51.4 Å². The van der Waals surface area contributed by atoms with Crippen molar-refractivity contribution in [3.8, 4) is 44.5 Å². The fraction of sp³-hybridized carbons (Fsp3) is 0.150. The smallest absolute Gasteiger partial charge is 0.224 e. The number of nitrogens with one attached hydrogen (secondary N) is 6. The van der Waals surface area contributed by atoms with Crippen LogP contribution in [0.25, 0.3) is 90.9 Å². The summed E-state index contributed by atoms with van der Waals surface area (Å²) >= 11 is 0. The third-order valence-corrected chi connectivity index (χ3v) is 17.1. The minimum absolute atomic E-state index is 0.0840. The molecule has 0 atom stereocenters. The summed E-state index contributed by atoms with van der Waals surface area (Å²) in [6.07, 6.45) is 27.9. The highest BCUT2D eigenvalue weighted by atomic mass is 16.2. The molecule has 0 spiro atoms. The highest BCUT2D eigenvalue weighted by Gasteiger charge is 2.21. The lowest BCUT2D eigenvalue weighted by Gasteiger charge is -2.10. The number of benzene rings is 4. The molecule has 4 aromatic carbocycles. The standard InChI is InChI=1S/C80H70N12O4/c1-89-45-5-9-53(49-89)13-41-73(93)81-61-25-17-57(18-26-61)77-65-33-35-67(85-65)78(58-19-27-62(28-20-58)82-74(94)42-14-54-10-6-46-90(2)50-54)69-37-39-71(87-69)80(60-23-31-64(32-24-60)84-76(96)44-16-56-12-8-48-92(4)52-56)72-40-38-70(88-72)79(68-36-34-66(77)86-68)59-21-29-63(30-22-59)83-75(95)43-15-55-11-7-47-91(3)51-55/h5-12,17-40,45-52H,13-16,41-44H2,1-4H3,(H2-4,81,82,83,84,85,86,87,88,93,94,95,96)/p+4. The second kappa shape index (κ2) is 28.4. The number of carbonyl (C=O) groups excluding carboxylic acids is 4. The molecule has 2 aliphatic heterocycles. The van der Waals surface area contributed by atoms with Gasteiger partial charge in [0, 0.05) is 139 Å². The molecular formula is C80H74N12O4+4. The van der Waals surface area contributed by atoms with Crippen LogP contribution in [0.3, 0.4) is 0 Å². The van der Waals surface area contributed by atoms with E-state index in [4.69, 9.17) is 9.97 Å². The summed E-state index contributed by atoms with van der Waals surface area (Å²) in [5.41, 5.74) is 19.6. The third-order valence-electron chi connectivity index (χ3n) is 17.1. The van der Waals surface area contributed by atoms with Crippen molar-refractivity contribution in [2.24, 2.45) is 28.2 Å². The largest absolute Gasteiger partial charge is 0.354 e. The number of amides is 4. The molecule has 16 heteroatoms. The predicted molar refractivity (Wildman–Crippen MR) is 379 cm³/mol. The van der Waals surface area contributed by atoms with Gasteiger partial charge >= 0.3 is 0 Å². The Morgan fingerprint density at radius 2 is 0.531 bits per heavy atom. The van der Waals surface area contributed by atoms with Crippen LogP contribution in [-0.4, -0.2) is 43.6 Å². The zero-order chi connectivity index (χ0) is 66.1. The summed E-state index contributed by atoms with van der Waals surface area (Å²) < 4.78 is 7.93. The maximum Gasteiger partial charge on any atom is 0.224 e. The lowest BCUT2D eigenvalue weighted by atomic mass is 10.0. The normalized spacial score (nSPS) is 11.5. The van der Waals surface area contributed by atoms with Gasteiger partial charge in [0.1, 0.15) is 28.2 Å². The fourth-order valence-electron chi connectivity index (χ4n) is 12.4. The van der Waals surface area contributed by atoms with E-state index in [0.29, 0.717) is 96.9 Å². The number of aromatic amines is 2. The van der Waals surface area contributed by atoms with Gasteiger partial charge in [-0.25, -0.2) is 28.2 Å². The number of fused-ring (bicyclic) bond motifs is 8. The van der Waals surface area contributed by atoms with Crippen molar-refractivity contribution in [1.29, 1.82) is 0 Å². The number of hydrogen-bond donors (Lipinski definition) is 6. The molecule has 2 aliphatic rings. The minimum atomic E-state index is -0.0840. The molecule has 0 aliphatic carbocycles. The van der Waals surface area contributed by atoms with Gasteiger partial charge in [0.2, 0.25) is 23.6 Å². The number of hydrogen-bond acceptors (Lipinski definition) is 6. The maximum absolute atomic E-state index is 13.4. The van der Waals surface area contributed by atoms with Gasteiger partial charge in [0.05, 0.1) is 22.8 Å². The van der Waals surface area contributed by atoms with E-state index in [2.05, 4.69) is 55.5 Å². The quantitative estimate of drug-likeness (QED) is 0.0412. The van der Waals surface area contributed by atoms with Crippen molar-refractivity contribution in [3.63, 3.8) is 0 Å². The predicted octanol–water partition coefficient (Wildman–Crippen LogP) is 12.9. The minimum Gasteiger partial charge on any atom is -0.354 e. The van der Waals surface area contributed by atoms with Crippen LogP contribution in [0.1, 0.15) is 70.7 Å². The van der Waals surface area contributed by atoms with E-state index in [-0.39, 0.29) is 23.6 Å². The van der Waals surface area contributed by atoms with Gasteiger partial charge in [0.25, 0.3) is 0 Å². The van der Waals surface area contributed by atoms with Crippen molar-refractivity contribution < 1.29 is 37.4 Å². The number of aryl methyl sites for hydroxylation is 8. The maximum atomic E-state index is 13.4. The fourth-order valence-corrected chi connectivity index (χ4v) is 12.4. The number of pyridine rings is 4. The Labute approximate surface area is 557 Å². The second-order valence-electron chi connectivity index (χ2n) is 24.5. The molecule has 13 rings (SSSR count). The summed E-state index contributed by atoms with van der Waals surface area (Å²) in [6, 6.07) is 55.8. The van der Waals surface area contributed by atoms with E-state index >= 15 is 0 Å². The molecule has 6 N–H and O–H groups in total. The second-order valence-corrected chi connectivity index (χ2v) is 24.5. The molecule has 0 saturated carbocycles. The van der Waals surface area contributed by atoms with Gasteiger partial charge in [0.15, 0.2) is 49.6 Å². The molecule has 7 aromatic heterocycles. The van der Waals surface area contributed by atoms with Crippen molar-refractivity contribution >= 4 is 92.7 Å². The average Bonchev–Trinajstić information content (AvgIpc) is 1.62. The van der Waals surface area contributed by atoms with E-state index in [1.54, 1.807) is 0 Å². The average molecular weight is 1270 g/mol. The topological polar surface area (TPSA) is 189 Å². The number of carbonyl (C=O) groups is 4. The lowest BCUT2D eigenvalue weighted by molar-refractivity contribution is -0.672. The van der Waals surface area contributed by atoms with Crippen LogP contribution in [0.4, 0.5) is 22.7 Å². The molecule has 0 radical (unpaired) electrons. The highest BCUT2D eigenvalue weighted by molar-refractivity contribution is 6.02. The van der Waals surface area contributed by atoms with Crippen molar-refractivity contribution in [3.05, 3.63) is 264 Å². The highest BCUT2D eigenvalue weighted by Crippen LogP contribution is 2.40. The van der Waals surface area contributed by atoms with Crippen LogP contribution in [-0.2, 0) is 73.1 Å². The Hall–Kier alpha value is -12.0. The first-order valence-electron chi connectivity index (χ1n) is 32.3. The van der Waals surface area contributed by atoms with E-state index in [1.807, 2.05) is 266 Å². The van der Waals surface area contributed by atoms with Crippen molar-refractivity contribution in [1.82, 2.24) is 19.9 Å². The summed E-state index contributed by atoms with van der Waals surface area (Å²) in [5.74, 6) is -0.336.